The van der Waals surface area contributed by atoms with Crippen molar-refractivity contribution in [1.29, 1.82) is 0 Å². The zero-order valence-corrected chi connectivity index (χ0v) is 10.1. The van der Waals surface area contributed by atoms with Gasteiger partial charge in [-0.3, -0.25) is 0 Å². The maximum Gasteiger partial charge on any atom is 0.391 e. The van der Waals surface area contributed by atoms with Gasteiger partial charge in [-0.05, 0) is 6.92 Å². The number of nitrogens with zero attached hydrogens (tertiary/aromatic N) is 1. The summed E-state index contributed by atoms with van der Waals surface area (Å²) in [5.41, 5.74) is 0. The second kappa shape index (κ2) is 5.64. The molecule has 0 aromatic heterocycles. The van der Waals surface area contributed by atoms with Crippen molar-refractivity contribution in [2.24, 2.45) is 0 Å². The zero-order valence-electron chi connectivity index (χ0n) is 10.1. The zero-order chi connectivity index (χ0) is 14.8. The highest BCUT2D eigenvalue weighted by atomic mass is 19.4. The number of carboxylic acid groups (broad SMARTS) is 1. The number of carboxylic acids is 1. The molecule has 0 aromatic rings. The van der Waals surface area contributed by atoms with E-state index in [1.165, 1.54) is 6.92 Å². The second-order valence-electron chi connectivity index (χ2n) is 4.57. The Hall–Kier alpha value is -1.51. The van der Waals surface area contributed by atoms with E-state index < -0.39 is 42.8 Å². The topological polar surface area (TPSA) is 89.9 Å². The van der Waals surface area contributed by atoms with E-state index in [1.807, 2.05) is 0 Å². The molecular formula is C10H15F3N2O4. The molecule has 1 saturated heterocycles. The number of rotatable bonds is 3. The Morgan fingerprint density at radius 3 is 2.53 bits per heavy atom. The van der Waals surface area contributed by atoms with Gasteiger partial charge in [0.2, 0.25) is 0 Å². The molecule has 1 aliphatic rings. The van der Waals surface area contributed by atoms with E-state index in [4.69, 9.17) is 5.11 Å². The van der Waals surface area contributed by atoms with E-state index >= 15 is 0 Å². The molecule has 0 aromatic carbocycles. The van der Waals surface area contributed by atoms with Crippen molar-refractivity contribution in [1.82, 2.24) is 10.2 Å². The molecule has 0 aliphatic carbocycles. The Bertz CT molecular complexity index is 361. The largest absolute Gasteiger partial charge is 0.480 e. The number of likely N-dealkylation sites (tertiary alicyclic amines) is 1. The molecule has 1 rings (SSSR count). The Balaban J connectivity index is 2.59. The van der Waals surface area contributed by atoms with Crippen molar-refractivity contribution in [2.75, 3.05) is 6.54 Å². The first-order valence-electron chi connectivity index (χ1n) is 5.65. The normalized spacial score (nSPS) is 25.2. The summed E-state index contributed by atoms with van der Waals surface area (Å²) in [7, 11) is 0. The van der Waals surface area contributed by atoms with E-state index in [1.54, 1.807) is 0 Å². The molecule has 2 unspecified atom stereocenters. The highest BCUT2D eigenvalue weighted by Gasteiger charge is 2.40. The number of β-amino-alcohol motifs (C(OH)–C–C–N with tert-alkyl or cyclic N) is 1. The molecule has 0 spiro atoms. The average Bonchev–Trinajstić information content (AvgIpc) is 2.57. The van der Waals surface area contributed by atoms with Crippen molar-refractivity contribution in [2.45, 2.75) is 44.1 Å². The SMILES string of the molecule is CC(CC(F)(F)F)NC(=O)N1CC(O)C[C@H]1C(=O)O. The Kier molecular flexibility index (Phi) is 4.61. The van der Waals surface area contributed by atoms with Gasteiger partial charge in [0.1, 0.15) is 6.04 Å². The lowest BCUT2D eigenvalue weighted by Gasteiger charge is -2.24. The van der Waals surface area contributed by atoms with E-state index in [0.29, 0.717) is 0 Å². The number of alkyl halides is 3. The van der Waals surface area contributed by atoms with Crippen molar-refractivity contribution >= 4 is 12.0 Å². The number of nitrogens with one attached hydrogen (secondary N) is 1. The number of hydrogen-bond donors (Lipinski definition) is 3. The number of aliphatic hydroxyl groups is 1. The number of halogens is 3. The number of amides is 2. The van der Waals surface area contributed by atoms with Crippen LogP contribution in [0.3, 0.4) is 0 Å². The fourth-order valence-corrected chi connectivity index (χ4v) is 1.96. The van der Waals surface area contributed by atoms with E-state index in [-0.39, 0.29) is 13.0 Å². The van der Waals surface area contributed by atoms with Crippen LogP contribution in [0.2, 0.25) is 0 Å². The van der Waals surface area contributed by atoms with E-state index in [9.17, 15) is 27.9 Å². The number of aliphatic carboxylic acids is 1. The molecule has 6 nitrogen and oxygen atoms in total. The molecule has 2 amide bonds. The van der Waals surface area contributed by atoms with Gasteiger partial charge in [-0.15, -0.1) is 0 Å². The fraction of sp³-hybridized carbons (Fsp3) is 0.800. The predicted octanol–water partition coefficient (Wildman–Crippen LogP) is 0.557. The minimum atomic E-state index is -4.41. The predicted molar refractivity (Wildman–Crippen MR) is 57.4 cm³/mol. The van der Waals surface area contributed by atoms with Gasteiger partial charge in [-0.2, -0.15) is 13.2 Å². The average molecular weight is 284 g/mol. The van der Waals surface area contributed by atoms with Crippen molar-refractivity contribution in [3.63, 3.8) is 0 Å². The number of carbonyl (C=O) groups excluding carboxylic acids is 1. The van der Waals surface area contributed by atoms with Crippen LogP contribution in [0.4, 0.5) is 18.0 Å². The molecule has 1 heterocycles. The second-order valence-corrected chi connectivity index (χ2v) is 4.57. The van der Waals surface area contributed by atoms with Crippen LogP contribution < -0.4 is 5.32 Å². The quantitative estimate of drug-likeness (QED) is 0.706. The Labute approximate surface area is 107 Å². The van der Waals surface area contributed by atoms with E-state index in [0.717, 1.165) is 4.90 Å². The molecule has 1 fully saturated rings. The molecule has 1 aliphatic heterocycles. The maximum atomic E-state index is 12.1. The lowest BCUT2D eigenvalue weighted by Crippen LogP contribution is -2.49. The van der Waals surface area contributed by atoms with Crippen LogP contribution in [-0.4, -0.2) is 58.0 Å². The van der Waals surface area contributed by atoms with Crippen LogP contribution in [0, 0.1) is 0 Å². The lowest BCUT2D eigenvalue weighted by molar-refractivity contribution is -0.142. The van der Waals surface area contributed by atoms with Gasteiger partial charge in [0.15, 0.2) is 0 Å². The first-order valence-corrected chi connectivity index (χ1v) is 5.65. The standard InChI is InChI=1S/C10H15F3N2O4/c1-5(3-10(11,12)13)14-9(19)15-4-6(16)2-7(15)8(17)18/h5-7,16H,2-4H2,1H3,(H,14,19)(H,17,18)/t5?,6?,7-/m0/s1. The van der Waals surface area contributed by atoms with Crippen LogP contribution >= 0.6 is 0 Å². The highest BCUT2D eigenvalue weighted by Crippen LogP contribution is 2.22. The first-order chi connectivity index (χ1) is 8.60. The first kappa shape index (κ1) is 15.5. The third-order valence-electron chi connectivity index (χ3n) is 2.73. The molecule has 0 bridgehead atoms. The monoisotopic (exact) mass is 284 g/mol. The van der Waals surface area contributed by atoms with Gasteiger partial charge < -0.3 is 20.4 Å². The summed E-state index contributed by atoms with van der Waals surface area (Å²) in [4.78, 5) is 23.4. The molecule has 110 valence electrons. The number of urea groups is 1. The van der Waals surface area contributed by atoms with E-state index in [2.05, 4.69) is 5.32 Å². The van der Waals surface area contributed by atoms with Crippen molar-refractivity contribution in [3.8, 4) is 0 Å². The van der Waals surface area contributed by atoms with Crippen LogP contribution in [0.15, 0.2) is 0 Å². The smallest absolute Gasteiger partial charge is 0.391 e. The Morgan fingerprint density at radius 2 is 2.05 bits per heavy atom. The minimum absolute atomic E-state index is 0.129. The van der Waals surface area contributed by atoms with Crippen LogP contribution in [0.25, 0.3) is 0 Å². The molecule has 0 saturated carbocycles. The minimum Gasteiger partial charge on any atom is -0.480 e. The third-order valence-corrected chi connectivity index (χ3v) is 2.73. The molecule has 19 heavy (non-hydrogen) atoms. The number of hydrogen-bond acceptors (Lipinski definition) is 3. The summed E-state index contributed by atoms with van der Waals surface area (Å²) in [5.74, 6) is -1.30. The van der Waals surface area contributed by atoms with Crippen LogP contribution in [-0.2, 0) is 4.79 Å². The molecule has 9 heteroatoms. The summed E-state index contributed by atoms with van der Waals surface area (Å²) >= 11 is 0. The maximum absolute atomic E-state index is 12.1. The van der Waals surface area contributed by atoms with Gasteiger partial charge in [0.05, 0.1) is 12.5 Å². The summed E-state index contributed by atoms with van der Waals surface area (Å²) < 4.78 is 36.3. The highest BCUT2D eigenvalue weighted by molar-refractivity contribution is 5.83. The number of carbonyl (C=O) groups is 2. The summed E-state index contributed by atoms with van der Waals surface area (Å²) in [5, 5.41) is 20.3. The number of aliphatic hydroxyl groups excluding tert-OH is 1. The summed E-state index contributed by atoms with van der Waals surface area (Å²) in [6.45, 7) is 0.967. The van der Waals surface area contributed by atoms with Gasteiger partial charge in [-0.25, -0.2) is 9.59 Å². The van der Waals surface area contributed by atoms with Crippen LogP contribution in [0.5, 0.6) is 0 Å². The van der Waals surface area contributed by atoms with Crippen molar-refractivity contribution in [3.05, 3.63) is 0 Å². The third kappa shape index (κ3) is 4.58. The molecular weight excluding hydrogens is 269 g/mol. The van der Waals surface area contributed by atoms with Gasteiger partial charge in [0, 0.05) is 19.0 Å². The molecule has 0 radical (unpaired) electrons. The Morgan fingerprint density at radius 1 is 1.47 bits per heavy atom. The summed E-state index contributed by atoms with van der Waals surface area (Å²) in [6.07, 6.45) is -6.73. The lowest BCUT2D eigenvalue weighted by atomic mass is 10.2. The van der Waals surface area contributed by atoms with Crippen molar-refractivity contribution < 1.29 is 33.0 Å². The van der Waals surface area contributed by atoms with Gasteiger partial charge in [-0.1, -0.05) is 0 Å². The fourth-order valence-electron chi connectivity index (χ4n) is 1.96. The van der Waals surface area contributed by atoms with Gasteiger partial charge >= 0.3 is 18.2 Å². The molecule has 3 atom stereocenters. The molecule has 3 N–H and O–H groups in total. The van der Waals surface area contributed by atoms with Gasteiger partial charge in [0.25, 0.3) is 0 Å². The van der Waals surface area contributed by atoms with Crippen LogP contribution in [0.1, 0.15) is 19.8 Å². The summed E-state index contributed by atoms with van der Waals surface area (Å²) in [6, 6.07) is -3.30.